The van der Waals surface area contributed by atoms with E-state index in [-0.39, 0.29) is 44.2 Å². The molecule has 0 spiro atoms. The van der Waals surface area contributed by atoms with Gasteiger partial charge in [-0.25, -0.2) is 19.3 Å². The van der Waals surface area contributed by atoms with E-state index in [0.29, 0.717) is 41.1 Å². The van der Waals surface area contributed by atoms with Crippen LogP contribution in [0.2, 0.25) is 0 Å². The molecular weight excluding hydrogens is 577 g/mol. The van der Waals surface area contributed by atoms with Crippen molar-refractivity contribution in [2.75, 3.05) is 36.4 Å². The lowest BCUT2D eigenvalue weighted by atomic mass is 9.98. The van der Waals surface area contributed by atoms with Gasteiger partial charge in [0.1, 0.15) is 11.0 Å². The number of piperazine rings is 1. The predicted molar refractivity (Wildman–Crippen MR) is 158 cm³/mol. The number of amides is 1. The summed E-state index contributed by atoms with van der Waals surface area (Å²) in [6.07, 6.45) is 0.0162. The van der Waals surface area contributed by atoms with Crippen molar-refractivity contribution in [2.45, 2.75) is 44.5 Å². The van der Waals surface area contributed by atoms with Crippen LogP contribution < -0.4 is 15.8 Å². The predicted octanol–water partition coefficient (Wildman–Crippen LogP) is 3.66. The lowest BCUT2D eigenvalue weighted by Crippen LogP contribution is -2.52. The van der Waals surface area contributed by atoms with E-state index in [1.54, 1.807) is 22.9 Å². The van der Waals surface area contributed by atoms with Crippen LogP contribution in [-0.2, 0) is 23.4 Å². The molecule has 0 saturated carbocycles. The second-order valence-electron chi connectivity index (χ2n) is 10.9. The Morgan fingerprint density at radius 1 is 1.11 bits per heavy atom. The van der Waals surface area contributed by atoms with E-state index in [1.165, 1.54) is 10.9 Å². The van der Waals surface area contributed by atoms with Crippen LogP contribution >= 0.6 is 0 Å². The first-order valence-electron chi connectivity index (χ1n) is 14.3. The first-order chi connectivity index (χ1) is 21.0. The second-order valence-corrected chi connectivity index (χ2v) is 10.9. The third-order valence-corrected chi connectivity index (χ3v) is 8.29. The Labute approximate surface area is 250 Å². The summed E-state index contributed by atoms with van der Waals surface area (Å²) in [5, 5.41) is 14.6. The molecular formula is C30H31F3N8O3. The molecule has 230 valence electrons. The lowest BCUT2D eigenvalue weighted by molar-refractivity contribution is -0.185. The summed E-state index contributed by atoms with van der Waals surface area (Å²) in [6, 6.07) is 11.0. The van der Waals surface area contributed by atoms with E-state index < -0.39 is 17.7 Å². The van der Waals surface area contributed by atoms with Gasteiger partial charge in [-0.2, -0.15) is 18.2 Å². The van der Waals surface area contributed by atoms with Gasteiger partial charge in [-0.1, -0.05) is 19.1 Å². The molecule has 0 bridgehead atoms. The third kappa shape index (κ3) is 5.19. The number of fused-ring (bicyclic) bond motifs is 2. The van der Waals surface area contributed by atoms with Crippen molar-refractivity contribution in [1.29, 1.82) is 0 Å². The van der Waals surface area contributed by atoms with Crippen molar-refractivity contribution in [3.05, 3.63) is 76.9 Å². The molecule has 1 atom stereocenters. The highest BCUT2D eigenvalue weighted by molar-refractivity contribution is 5.82. The van der Waals surface area contributed by atoms with Crippen molar-refractivity contribution >= 4 is 34.3 Å². The number of aryl methyl sites for hydroxylation is 1. The van der Waals surface area contributed by atoms with Crippen LogP contribution in [0.15, 0.2) is 60.0 Å². The zero-order valence-corrected chi connectivity index (χ0v) is 24.0. The smallest absolute Gasteiger partial charge is 0.384 e. The summed E-state index contributed by atoms with van der Waals surface area (Å²) in [5.41, 5.74) is 2.05. The quantitative estimate of drug-likeness (QED) is 0.305. The number of carbonyl (C=O) groups is 1. The van der Waals surface area contributed by atoms with Crippen molar-refractivity contribution in [1.82, 2.24) is 29.2 Å². The molecule has 4 aromatic rings. The van der Waals surface area contributed by atoms with E-state index in [4.69, 9.17) is 4.98 Å². The van der Waals surface area contributed by atoms with Crippen LogP contribution in [0.5, 0.6) is 0 Å². The molecule has 4 heterocycles. The van der Waals surface area contributed by atoms with Crippen LogP contribution in [0.25, 0.3) is 16.9 Å². The molecule has 1 fully saturated rings. The number of hydrogen-bond acceptors (Lipinski definition) is 8. The maximum Gasteiger partial charge on any atom is 0.471 e. The van der Waals surface area contributed by atoms with Crippen molar-refractivity contribution in [2.24, 2.45) is 0 Å². The molecule has 1 aliphatic carbocycles. The van der Waals surface area contributed by atoms with E-state index in [0.717, 1.165) is 22.6 Å². The largest absolute Gasteiger partial charge is 0.471 e. The normalized spacial score (nSPS) is 18.5. The summed E-state index contributed by atoms with van der Waals surface area (Å²) in [5.74, 6) is -1.13. The lowest BCUT2D eigenvalue weighted by Gasteiger charge is -2.36. The van der Waals surface area contributed by atoms with Gasteiger partial charge < -0.3 is 20.2 Å². The van der Waals surface area contributed by atoms with Crippen molar-refractivity contribution in [3.8, 4) is 5.82 Å². The van der Waals surface area contributed by atoms with Gasteiger partial charge in [0, 0.05) is 43.8 Å². The highest BCUT2D eigenvalue weighted by atomic mass is 19.4. The standard InChI is InChI=1S/C30H31F3N8O3/c1-3-13-40-26(42)22-18-34-28(37-25(22)41(40)23-10-5-19-11-12-29(44,4-2)24(19)36-23)35-20-6-8-21(9-7-20)38-14-16-39(17-15-38)27(43)30(31,32)33/h3,5-10,18,44H,1,4,11-17H2,2H3,(H,34,35,37). The molecule has 1 amide bonds. The first kappa shape index (κ1) is 29.4. The molecule has 1 aromatic carbocycles. The van der Waals surface area contributed by atoms with Gasteiger partial charge in [-0.3, -0.25) is 9.59 Å². The van der Waals surface area contributed by atoms with Crippen LogP contribution in [0.3, 0.4) is 0 Å². The minimum absolute atomic E-state index is 0.0176. The van der Waals surface area contributed by atoms with Gasteiger partial charge >= 0.3 is 12.1 Å². The number of aliphatic hydroxyl groups is 1. The van der Waals surface area contributed by atoms with Crippen molar-refractivity contribution in [3.63, 3.8) is 0 Å². The minimum Gasteiger partial charge on any atom is -0.384 e. The molecule has 11 nitrogen and oxygen atoms in total. The highest BCUT2D eigenvalue weighted by Crippen LogP contribution is 2.38. The van der Waals surface area contributed by atoms with Crippen molar-refractivity contribution < 1.29 is 23.1 Å². The van der Waals surface area contributed by atoms with Gasteiger partial charge in [0.2, 0.25) is 5.95 Å². The first-order valence-corrected chi connectivity index (χ1v) is 14.3. The zero-order valence-electron chi connectivity index (χ0n) is 24.0. The summed E-state index contributed by atoms with van der Waals surface area (Å²) >= 11 is 0. The Bertz CT molecular complexity index is 1790. The summed E-state index contributed by atoms with van der Waals surface area (Å²) in [7, 11) is 0. The maximum absolute atomic E-state index is 13.3. The van der Waals surface area contributed by atoms with Crippen LogP contribution in [0.4, 0.5) is 30.5 Å². The Balaban J connectivity index is 1.26. The summed E-state index contributed by atoms with van der Waals surface area (Å²) in [6.45, 7) is 6.42. The fraction of sp³-hybridized carbons (Fsp3) is 0.367. The van der Waals surface area contributed by atoms with E-state index >= 15 is 0 Å². The number of halogens is 3. The SMILES string of the molecule is C=CCn1c(=O)c2cnc(Nc3ccc(N4CCN(C(=O)C(F)(F)F)CC4)cc3)nc2n1-c1ccc2c(n1)C(O)(CC)CC2. The van der Waals surface area contributed by atoms with Gasteiger partial charge in [-0.05, 0) is 55.2 Å². The number of pyridine rings is 1. The van der Waals surface area contributed by atoms with Gasteiger partial charge in [0.15, 0.2) is 11.5 Å². The molecule has 44 heavy (non-hydrogen) atoms. The number of allylic oxidation sites excluding steroid dienone is 1. The molecule has 1 unspecified atom stereocenters. The number of rotatable bonds is 7. The van der Waals surface area contributed by atoms with Gasteiger partial charge in [0.05, 0.1) is 12.2 Å². The molecule has 2 aliphatic rings. The number of nitrogens with zero attached hydrogens (tertiary/aromatic N) is 7. The maximum atomic E-state index is 13.3. The van der Waals surface area contributed by atoms with E-state index in [2.05, 4.69) is 21.9 Å². The molecule has 1 saturated heterocycles. The monoisotopic (exact) mass is 608 g/mol. The van der Waals surface area contributed by atoms with Crippen LogP contribution in [0, 0.1) is 0 Å². The number of nitrogens with one attached hydrogen (secondary N) is 1. The number of anilines is 3. The van der Waals surface area contributed by atoms with Gasteiger partial charge in [-0.15, -0.1) is 6.58 Å². The summed E-state index contributed by atoms with van der Waals surface area (Å²) < 4.78 is 41.4. The average Bonchev–Trinajstić information content (AvgIpc) is 3.50. The van der Waals surface area contributed by atoms with E-state index in [1.807, 2.05) is 36.1 Å². The second kappa shape index (κ2) is 11.1. The molecule has 1 aliphatic heterocycles. The fourth-order valence-corrected chi connectivity index (χ4v) is 5.84. The highest BCUT2D eigenvalue weighted by Gasteiger charge is 2.43. The minimum atomic E-state index is -4.87. The Kier molecular flexibility index (Phi) is 7.40. The number of benzene rings is 1. The Hall–Kier alpha value is -4.72. The van der Waals surface area contributed by atoms with Crippen LogP contribution in [0.1, 0.15) is 31.0 Å². The Morgan fingerprint density at radius 2 is 1.84 bits per heavy atom. The van der Waals surface area contributed by atoms with Gasteiger partial charge in [0.25, 0.3) is 5.56 Å². The molecule has 2 N–H and O–H groups in total. The molecule has 3 aromatic heterocycles. The molecule has 14 heteroatoms. The third-order valence-electron chi connectivity index (χ3n) is 8.29. The number of aromatic nitrogens is 5. The van der Waals surface area contributed by atoms with E-state index in [9.17, 15) is 27.9 Å². The number of carbonyl (C=O) groups excluding carboxylic acids is 1. The molecule has 6 rings (SSSR count). The molecule has 0 radical (unpaired) electrons. The topological polar surface area (TPSA) is 121 Å². The van der Waals surface area contributed by atoms with Crippen LogP contribution in [-0.4, -0.2) is 72.6 Å². The number of hydrogen-bond donors (Lipinski definition) is 2. The average molecular weight is 609 g/mol. The zero-order chi connectivity index (χ0) is 31.2. The Morgan fingerprint density at radius 3 is 2.50 bits per heavy atom. The number of alkyl halides is 3. The fourth-order valence-electron chi connectivity index (χ4n) is 5.84. The summed E-state index contributed by atoms with van der Waals surface area (Å²) in [4.78, 5) is 41.4.